The van der Waals surface area contributed by atoms with Gasteiger partial charge in [0.05, 0.1) is 0 Å². The Kier molecular flexibility index (Phi) is 6.18. The third kappa shape index (κ3) is 4.81. The first-order chi connectivity index (χ1) is 7.74. The summed E-state index contributed by atoms with van der Waals surface area (Å²) in [6.45, 7) is 1.38. The highest BCUT2D eigenvalue weighted by atomic mass is 32.2. The van der Waals surface area contributed by atoms with Crippen LogP contribution in [-0.4, -0.2) is 26.0 Å². The van der Waals surface area contributed by atoms with Gasteiger partial charge in [0.25, 0.3) is 5.76 Å². The molecular weight excluding hydrogens is 232 g/mol. The van der Waals surface area contributed by atoms with Crippen LogP contribution < -0.4 is 5.32 Å². The Hall–Kier alpha value is -0.810. The summed E-state index contributed by atoms with van der Waals surface area (Å²) in [6.07, 6.45) is 0.851. The molecule has 0 aliphatic rings. The molecule has 1 aromatic rings. The van der Waals surface area contributed by atoms with Gasteiger partial charge >= 0.3 is 0 Å². The van der Waals surface area contributed by atoms with Crippen LogP contribution in [0.3, 0.4) is 0 Å². The highest BCUT2D eigenvalue weighted by Crippen LogP contribution is 2.31. The number of thioether (sulfide) groups is 1. The molecule has 0 radical (unpaired) electrons. The predicted molar refractivity (Wildman–Crippen MR) is 63.3 cm³/mol. The lowest BCUT2D eigenvalue weighted by Crippen LogP contribution is -2.05. The lowest BCUT2D eigenvalue weighted by atomic mass is 10.3. The van der Waals surface area contributed by atoms with Crippen molar-refractivity contribution in [1.29, 1.82) is 0 Å². The molecule has 90 valence electrons. The van der Waals surface area contributed by atoms with Gasteiger partial charge in [-0.1, -0.05) is 23.9 Å². The number of rotatable bonds is 7. The van der Waals surface area contributed by atoms with Gasteiger partial charge in [-0.15, -0.1) is 0 Å². The number of anilines is 1. The SMILES string of the molecule is COCCCNc1ccccc1SC(F)F. The minimum absolute atomic E-state index is 0.562. The lowest BCUT2D eigenvalue weighted by Gasteiger charge is -2.10. The topological polar surface area (TPSA) is 21.3 Å². The molecule has 0 saturated heterocycles. The fourth-order valence-corrected chi connectivity index (χ4v) is 1.87. The summed E-state index contributed by atoms with van der Waals surface area (Å²) in [5, 5.41) is 3.12. The summed E-state index contributed by atoms with van der Waals surface area (Å²) in [4.78, 5) is 0.579. The van der Waals surface area contributed by atoms with Crippen LogP contribution in [0.15, 0.2) is 29.2 Å². The summed E-state index contributed by atoms with van der Waals surface area (Å²) in [6, 6.07) is 7.08. The van der Waals surface area contributed by atoms with Crippen LogP contribution in [0.2, 0.25) is 0 Å². The van der Waals surface area contributed by atoms with Gasteiger partial charge in [-0.3, -0.25) is 0 Å². The summed E-state index contributed by atoms with van der Waals surface area (Å²) < 4.78 is 29.4. The van der Waals surface area contributed by atoms with E-state index in [2.05, 4.69) is 5.32 Å². The Morgan fingerprint density at radius 3 is 2.81 bits per heavy atom. The van der Waals surface area contributed by atoms with E-state index in [0.29, 0.717) is 29.8 Å². The molecule has 2 nitrogen and oxygen atoms in total. The fraction of sp³-hybridized carbons (Fsp3) is 0.455. The molecule has 0 aliphatic carbocycles. The maximum Gasteiger partial charge on any atom is 0.288 e. The highest BCUT2D eigenvalue weighted by Gasteiger charge is 2.08. The molecule has 1 aromatic carbocycles. The largest absolute Gasteiger partial charge is 0.385 e. The lowest BCUT2D eigenvalue weighted by molar-refractivity contribution is 0.198. The Labute approximate surface area is 98.4 Å². The molecule has 0 unspecified atom stereocenters. The molecule has 1 N–H and O–H groups in total. The summed E-state index contributed by atoms with van der Waals surface area (Å²) >= 11 is 0.562. The van der Waals surface area contributed by atoms with Crippen molar-refractivity contribution < 1.29 is 13.5 Å². The van der Waals surface area contributed by atoms with Crippen LogP contribution in [0.25, 0.3) is 0 Å². The van der Waals surface area contributed by atoms with E-state index in [4.69, 9.17) is 4.74 Å². The minimum Gasteiger partial charge on any atom is -0.385 e. The summed E-state index contributed by atoms with van der Waals surface area (Å²) in [5.74, 6) is -2.39. The molecule has 0 amide bonds. The van der Waals surface area contributed by atoms with Gasteiger partial charge in [-0.05, 0) is 18.6 Å². The standard InChI is InChI=1S/C11H15F2NOS/c1-15-8-4-7-14-9-5-2-3-6-10(9)16-11(12)13/h2-3,5-6,11,14H,4,7-8H2,1H3. The second-order valence-corrected chi connectivity index (χ2v) is 4.18. The number of alkyl halides is 2. The monoisotopic (exact) mass is 247 g/mol. The Bertz CT molecular complexity index is 310. The van der Waals surface area contributed by atoms with E-state index >= 15 is 0 Å². The first-order valence-corrected chi connectivity index (χ1v) is 5.88. The smallest absolute Gasteiger partial charge is 0.288 e. The first kappa shape index (κ1) is 13.3. The van der Waals surface area contributed by atoms with E-state index in [-0.39, 0.29) is 0 Å². The van der Waals surface area contributed by atoms with E-state index in [9.17, 15) is 8.78 Å². The van der Waals surface area contributed by atoms with E-state index < -0.39 is 5.76 Å². The molecule has 0 heterocycles. The van der Waals surface area contributed by atoms with Crippen molar-refractivity contribution in [2.75, 3.05) is 25.6 Å². The van der Waals surface area contributed by atoms with Crippen molar-refractivity contribution in [2.24, 2.45) is 0 Å². The van der Waals surface area contributed by atoms with Crippen molar-refractivity contribution in [2.45, 2.75) is 17.1 Å². The first-order valence-electron chi connectivity index (χ1n) is 5.00. The fourth-order valence-electron chi connectivity index (χ4n) is 1.25. The number of hydrogen-bond acceptors (Lipinski definition) is 3. The number of methoxy groups -OCH3 is 1. The molecule has 0 spiro atoms. The number of benzene rings is 1. The molecule has 0 aliphatic heterocycles. The maximum absolute atomic E-state index is 12.3. The zero-order chi connectivity index (χ0) is 11.8. The average molecular weight is 247 g/mol. The van der Waals surface area contributed by atoms with E-state index in [1.54, 1.807) is 25.3 Å². The van der Waals surface area contributed by atoms with Gasteiger partial charge in [0, 0.05) is 30.8 Å². The maximum atomic E-state index is 12.3. The molecular formula is C11H15F2NOS. The normalized spacial score (nSPS) is 10.8. The number of para-hydroxylation sites is 1. The van der Waals surface area contributed by atoms with Crippen LogP contribution in [0.1, 0.15) is 6.42 Å². The molecule has 0 atom stereocenters. The number of hydrogen-bond donors (Lipinski definition) is 1. The quantitative estimate of drug-likeness (QED) is 0.589. The molecule has 0 saturated carbocycles. The van der Waals surface area contributed by atoms with Gasteiger partial charge < -0.3 is 10.1 Å². The van der Waals surface area contributed by atoms with Crippen molar-refractivity contribution in [1.82, 2.24) is 0 Å². The Morgan fingerprint density at radius 2 is 2.12 bits per heavy atom. The zero-order valence-corrected chi connectivity index (χ0v) is 9.90. The van der Waals surface area contributed by atoms with Crippen molar-refractivity contribution in [3.8, 4) is 0 Å². The summed E-state index contributed by atoms with van der Waals surface area (Å²) in [7, 11) is 1.64. The third-order valence-electron chi connectivity index (χ3n) is 1.94. The van der Waals surface area contributed by atoms with Gasteiger partial charge in [0.1, 0.15) is 0 Å². The van der Waals surface area contributed by atoms with Gasteiger partial charge in [-0.2, -0.15) is 8.78 Å². The molecule has 1 rings (SSSR count). The number of ether oxygens (including phenoxy) is 1. The summed E-state index contributed by atoms with van der Waals surface area (Å²) in [5.41, 5.74) is 0.754. The Morgan fingerprint density at radius 1 is 1.38 bits per heavy atom. The van der Waals surface area contributed by atoms with Crippen molar-refractivity contribution in [3.63, 3.8) is 0 Å². The molecule has 0 aromatic heterocycles. The van der Waals surface area contributed by atoms with E-state index in [1.165, 1.54) is 0 Å². The number of nitrogens with one attached hydrogen (secondary N) is 1. The third-order valence-corrected chi connectivity index (χ3v) is 2.73. The second-order valence-electron chi connectivity index (χ2n) is 3.15. The molecule has 0 bridgehead atoms. The van der Waals surface area contributed by atoms with Crippen LogP contribution in [-0.2, 0) is 4.74 Å². The number of halogens is 2. The highest BCUT2D eigenvalue weighted by molar-refractivity contribution is 7.99. The van der Waals surface area contributed by atoms with Gasteiger partial charge in [-0.25, -0.2) is 0 Å². The van der Waals surface area contributed by atoms with Crippen LogP contribution in [0.5, 0.6) is 0 Å². The average Bonchev–Trinajstić information content (AvgIpc) is 2.26. The van der Waals surface area contributed by atoms with Crippen LogP contribution in [0.4, 0.5) is 14.5 Å². The van der Waals surface area contributed by atoms with E-state index in [0.717, 1.165) is 12.1 Å². The zero-order valence-electron chi connectivity index (χ0n) is 9.08. The predicted octanol–water partition coefficient (Wildman–Crippen LogP) is 3.45. The molecule has 5 heteroatoms. The van der Waals surface area contributed by atoms with Crippen molar-refractivity contribution >= 4 is 17.4 Å². The Balaban J connectivity index is 2.50. The van der Waals surface area contributed by atoms with E-state index in [1.807, 2.05) is 6.07 Å². The van der Waals surface area contributed by atoms with Crippen molar-refractivity contribution in [3.05, 3.63) is 24.3 Å². The second kappa shape index (κ2) is 7.46. The van der Waals surface area contributed by atoms with Gasteiger partial charge in [0.15, 0.2) is 0 Å². The van der Waals surface area contributed by atoms with Crippen LogP contribution in [0, 0.1) is 0 Å². The molecule has 0 fully saturated rings. The van der Waals surface area contributed by atoms with Crippen LogP contribution >= 0.6 is 11.8 Å². The molecule has 16 heavy (non-hydrogen) atoms. The van der Waals surface area contributed by atoms with Gasteiger partial charge in [0.2, 0.25) is 0 Å². The minimum atomic E-state index is -2.39.